The first kappa shape index (κ1) is 27.9. The number of amides is 2. The number of carbonyl (C=O) groups is 2. The third-order valence-corrected chi connectivity index (χ3v) is 7.78. The summed E-state index contributed by atoms with van der Waals surface area (Å²) in [6.45, 7) is -0.311. The molecule has 3 rings (SSSR count). The molecule has 1 unspecified atom stereocenters. The molecular weight excluding hydrogens is 610 g/mol. The van der Waals surface area contributed by atoms with Gasteiger partial charge in [-0.3, -0.25) is 13.9 Å². The van der Waals surface area contributed by atoms with E-state index in [2.05, 4.69) is 37.2 Å². The van der Waals surface area contributed by atoms with Gasteiger partial charge in [0.05, 0.1) is 11.9 Å². The van der Waals surface area contributed by atoms with Crippen LogP contribution in [0.1, 0.15) is 11.1 Å². The van der Waals surface area contributed by atoms with Crippen LogP contribution in [0, 0.1) is 0 Å². The first-order valence-corrected chi connectivity index (χ1v) is 14.5. The second kappa shape index (κ2) is 12.5. The lowest BCUT2D eigenvalue weighted by atomic mass is 10.0. The lowest BCUT2D eigenvalue weighted by molar-refractivity contribution is -0.139. The van der Waals surface area contributed by atoms with Gasteiger partial charge in [0, 0.05) is 29.0 Å². The molecule has 10 heteroatoms. The second-order valence-electron chi connectivity index (χ2n) is 8.21. The highest BCUT2D eigenvalue weighted by Crippen LogP contribution is 2.22. The Balaban J connectivity index is 2.00. The van der Waals surface area contributed by atoms with Crippen molar-refractivity contribution in [1.82, 2.24) is 10.2 Å². The Kier molecular flexibility index (Phi) is 9.69. The van der Waals surface area contributed by atoms with E-state index < -0.39 is 28.5 Å². The number of sulfonamides is 1. The number of hydrogen-bond donors (Lipinski definition) is 1. The Morgan fingerprint density at radius 1 is 0.861 bits per heavy atom. The van der Waals surface area contributed by atoms with Crippen LogP contribution in [0.2, 0.25) is 0 Å². The fourth-order valence-electron chi connectivity index (χ4n) is 3.73. The second-order valence-corrected chi connectivity index (χ2v) is 12.0. The molecule has 0 aromatic heterocycles. The third kappa shape index (κ3) is 7.65. The van der Waals surface area contributed by atoms with Gasteiger partial charge in [-0.2, -0.15) is 0 Å². The molecule has 0 heterocycles. The summed E-state index contributed by atoms with van der Waals surface area (Å²) in [5.41, 5.74) is 2.05. The van der Waals surface area contributed by atoms with E-state index in [0.29, 0.717) is 5.69 Å². The largest absolute Gasteiger partial charge is 0.357 e. The molecule has 0 aliphatic heterocycles. The Morgan fingerprint density at radius 2 is 1.42 bits per heavy atom. The molecule has 3 aromatic carbocycles. The minimum absolute atomic E-state index is 0.134. The van der Waals surface area contributed by atoms with E-state index in [1.165, 1.54) is 11.9 Å². The SMILES string of the molecule is CNC(=O)C(Cc1ccccc1)N(Cc1ccc(Br)cc1)C(=O)CN(c1ccc(Br)cc1)S(C)(=O)=O. The van der Waals surface area contributed by atoms with E-state index in [9.17, 15) is 18.0 Å². The van der Waals surface area contributed by atoms with E-state index in [-0.39, 0.29) is 18.9 Å². The highest BCUT2D eigenvalue weighted by molar-refractivity contribution is 9.10. The van der Waals surface area contributed by atoms with Crippen LogP contribution >= 0.6 is 31.9 Å². The van der Waals surface area contributed by atoms with Crippen LogP contribution in [0.5, 0.6) is 0 Å². The number of likely N-dealkylation sites (N-methyl/N-ethyl adjacent to an activating group) is 1. The quantitative estimate of drug-likeness (QED) is 0.358. The Hall–Kier alpha value is -2.69. The van der Waals surface area contributed by atoms with Gasteiger partial charge in [0.25, 0.3) is 0 Å². The number of nitrogens with zero attached hydrogens (tertiary/aromatic N) is 2. The van der Waals surface area contributed by atoms with Crippen LogP contribution < -0.4 is 9.62 Å². The van der Waals surface area contributed by atoms with Gasteiger partial charge in [-0.05, 0) is 47.5 Å². The van der Waals surface area contributed by atoms with Crippen molar-refractivity contribution in [1.29, 1.82) is 0 Å². The molecule has 7 nitrogen and oxygen atoms in total. The van der Waals surface area contributed by atoms with Crippen LogP contribution in [0.4, 0.5) is 5.69 Å². The molecular formula is C26H27Br2N3O4S. The highest BCUT2D eigenvalue weighted by Gasteiger charge is 2.32. The lowest BCUT2D eigenvalue weighted by Gasteiger charge is -2.33. The highest BCUT2D eigenvalue weighted by atomic mass is 79.9. The summed E-state index contributed by atoms with van der Waals surface area (Å²) < 4.78 is 28.1. The van der Waals surface area contributed by atoms with Gasteiger partial charge < -0.3 is 10.2 Å². The molecule has 36 heavy (non-hydrogen) atoms. The number of rotatable bonds is 10. The topological polar surface area (TPSA) is 86.8 Å². The maximum atomic E-state index is 13.8. The van der Waals surface area contributed by atoms with Gasteiger partial charge in [0.15, 0.2) is 0 Å². The zero-order chi connectivity index (χ0) is 26.3. The molecule has 1 N–H and O–H groups in total. The van der Waals surface area contributed by atoms with Crippen LogP contribution in [-0.2, 0) is 32.6 Å². The maximum absolute atomic E-state index is 13.8. The predicted octanol–water partition coefficient (Wildman–Crippen LogP) is 4.36. The fourth-order valence-corrected chi connectivity index (χ4v) is 5.11. The summed E-state index contributed by atoms with van der Waals surface area (Å²) in [7, 11) is -2.26. The summed E-state index contributed by atoms with van der Waals surface area (Å²) in [5.74, 6) is -0.824. The molecule has 0 radical (unpaired) electrons. The van der Waals surface area contributed by atoms with Crippen LogP contribution in [0.3, 0.4) is 0 Å². The maximum Gasteiger partial charge on any atom is 0.244 e. The van der Waals surface area contributed by atoms with E-state index in [0.717, 1.165) is 30.6 Å². The van der Waals surface area contributed by atoms with Crippen molar-refractivity contribution >= 4 is 59.4 Å². The van der Waals surface area contributed by atoms with Gasteiger partial charge in [-0.1, -0.05) is 74.3 Å². The smallest absolute Gasteiger partial charge is 0.244 e. The monoisotopic (exact) mass is 635 g/mol. The number of anilines is 1. The minimum Gasteiger partial charge on any atom is -0.357 e. The Bertz CT molecular complexity index is 1290. The molecule has 190 valence electrons. The summed E-state index contributed by atoms with van der Waals surface area (Å²) in [5, 5.41) is 2.66. The molecule has 0 aliphatic carbocycles. The molecule has 1 atom stereocenters. The number of halogens is 2. The van der Waals surface area contributed by atoms with Crippen LogP contribution in [0.25, 0.3) is 0 Å². The number of carbonyl (C=O) groups excluding carboxylic acids is 2. The average Bonchev–Trinajstić information content (AvgIpc) is 2.86. The Labute approximate surface area is 228 Å². The van der Waals surface area contributed by atoms with E-state index in [1.54, 1.807) is 24.3 Å². The molecule has 0 aliphatic rings. The number of nitrogens with one attached hydrogen (secondary N) is 1. The molecule has 0 spiro atoms. The lowest BCUT2D eigenvalue weighted by Crippen LogP contribution is -2.52. The molecule has 0 saturated carbocycles. The van der Waals surface area contributed by atoms with Crippen molar-refractivity contribution in [3.63, 3.8) is 0 Å². The minimum atomic E-state index is -3.78. The van der Waals surface area contributed by atoms with E-state index in [4.69, 9.17) is 0 Å². The first-order valence-electron chi connectivity index (χ1n) is 11.1. The van der Waals surface area contributed by atoms with Crippen molar-refractivity contribution < 1.29 is 18.0 Å². The first-order chi connectivity index (χ1) is 17.1. The summed E-state index contributed by atoms with van der Waals surface area (Å²) in [6.07, 6.45) is 1.33. The average molecular weight is 637 g/mol. The summed E-state index contributed by atoms with van der Waals surface area (Å²) >= 11 is 6.76. The zero-order valence-corrected chi connectivity index (χ0v) is 23.9. The Morgan fingerprint density at radius 3 is 1.94 bits per heavy atom. The number of hydrogen-bond acceptors (Lipinski definition) is 4. The fraction of sp³-hybridized carbons (Fsp3) is 0.231. The van der Waals surface area contributed by atoms with Crippen LogP contribution in [0.15, 0.2) is 87.8 Å². The normalized spacial score (nSPS) is 12.0. The molecule has 2 amide bonds. The van der Waals surface area contributed by atoms with Crippen molar-refractivity contribution in [2.75, 3.05) is 24.2 Å². The van der Waals surface area contributed by atoms with Crippen molar-refractivity contribution in [2.45, 2.75) is 19.0 Å². The number of benzene rings is 3. The van der Waals surface area contributed by atoms with Crippen LogP contribution in [-0.4, -0.2) is 51.0 Å². The molecule has 0 bridgehead atoms. The van der Waals surface area contributed by atoms with Crippen molar-refractivity contribution in [3.8, 4) is 0 Å². The molecule has 3 aromatic rings. The standard InChI is InChI=1S/C26H27Br2N3O4S/c1-29-26(33)24(16-19-6-4-3-5-7-19)30(17-20-8-10-21(27)11-9-20)25(32)18-31(36(2,34)35)23-14-12-22(28)13-15-23/h3-15,24H,16-18H2,1-2H3,(H,29,33). The third-order valence-electron chi connectivity index (χ3n) is 5.58. The van der Waals surface area contributed by atoms with Gasteiger partial charge in [-0.15, -0.1) is 0 Å². The van der Waals surface area contributed by atoms with Gasteiger partial charge >= 0.3 is 0 Å². The van der Waals surface area contributed by atoms with E-state index in [1.807, 2.05) is 54.6 Å². The van der Waals surface area contributed by atoms with Gasteiger partial charge in [0.1, 0.15) is 12.6 Å². The summed E-state index contributed by atoms with van der Waals surface area (Å²) in [6, 6.07) is 22.6. The van der Waals surface area contributed by atoms with Crippen molar-refractivity contribution in [3.05, 3.63) is 98.9 Å². The van der Waals surface area contributed by atoms with Gasteiger partial charge in [-0.25, -0.2) is 8.42 Å². The van der Waals surface area contributed by atoms with Gasteiger partial charge in [0.2, 0.25) is 21.8 Å². The van der Waals surface area contributed by atoms with Crippen molar-refractivity contribution in [2.24, 2.45) is 0 Å². The summed E-state index contributed by atoms with van der Waals surface area (Å²) in [4.78, 5) is 28.3. The zero-order valence-electron chi connectivity index (χ0n) is 19.9. The molecule has 0 saturated heterocycles. The molecule has 0 fully saturated rings. The predicted molar refractivity (Wildman–Crippen MR) is 149 cm³/mol. The van der Waals surface area contributed by atoms with E-state index >= 15 is 0 Å².